The summed E-state index contributed by atoms with van der Waals surface area (Å²) >= 11 is 0. The van der Waals surface area contributed by atoms with Crippen molar-refractivity contribution in [3.63, 3.8) is 0 Å². The third-order valence-electron chi connectivity index (χ3n) is 4.34. The number of nitrogens with zero attached hydrogens (tertiary/aromatic N) is 3. The number of carbonyl (C=O) groups excluding carboxylic acids is 1. The number of aromatic nitrogens is 3. The second-order valence-electron chi connectivity index (χ2n) is 6.10. The topological polar surface area (TPSA) is 71.3 Å². The van der Waals surface area contributed by atoms with Crippen molar-refractivity contribution in [2.24, 2.45) is 0 Å². The van der Waals surface area contributed by atoms with E-state index in [0.29, 0.717) is 11.5 Å². The highest BCUT2D eigenvalue weighted by atomic mass is 16.2. The van der Waals surface area contributed by atoms with Crippen LogP contribution in [0.5, 0.6) is 0 Å². The Balaban J connectivity index is 1.65. The molecule has 0 atom stereocenters. The lowest BCUT2D eigenvalue weighted by molar-refractivity contribution is 0.262. The van der Waals surface area contributed by atoms with Crippen LogP contribution in [0.3, 0.4) is 0 Å². The Hall–Kier alpha value is -3.67. The molecular formula is C21H19N5O. The normalized spacial score (nSPS) is 10.7. The molecule has 0 aliphatic heterocycles. The van der Waals surface area contributed by atoms with Gasteiger partial charge in [0.25, 0.3) is 0 Å². The van der Waals surface area contributed by atoms with E-state index < -0.39 is 0 Å². The molecule has 0 bridgehead atoms. The number of rotatable bonds is 4. The van der Waals surface area contributed by atoms with E-state index in [-0.39, 0.29) is 6.03 Å². The van der Waals surface area contributed by atoms with Gasteiger partial charge < -0.3 is 5.32 Å². The van der Waals surface area contributed by atoms with Crippen LogP contribution in [0, 0.1) is 0 Å². The minimum atomic E-state index is -0.319. The highest BCUT2D eigenvalue weighted by Gasteiger charge is 2.16. The van der Waals surface area contributed by atoms with Gasteiger partial charge in [-0.1, -0.05) is 25.1 Å². The van der Waals surface area contributed by atoms with Gasteiger partial charge >= 0.3 is 6.03 Å². The number of anilines is 2. The van der Waals surface area contributed by atoms with Crippen LogP contribution in [0.1, 0.15) is 12.5 Å². The summed E-state index contributed by atoms with van der Waals surface area (Å²) in [7, 11) is 0. The molecule has 0 aliphatic carbocycles. The number of hydrogen-bond acceptors (Lipinski definition) is 3. The van der Waals surface area contributed by atoms with Gasteiger partial charge in [-0.2, -0.15) is 0 Å². The molecule has 3 aromatic heterocycles. The van der Waals surface area contributed by atoms with Crippen molar-refractivity contribution in [2.45, 2.75) is 13.3 Å². The minimum Gasteiger partial charge on any atom is -0.308 e. The summed E-state index contributed by atoms with van der Waals surface area (Å²) in [4.78, 5) is 21.3. The first-order chi connectivity index (χ1) is 13.2. The zero-order valence-electron chi connectivity index (χ0n) is 14.9. The molecule has 6 nitrogen and oxygen atoms in total. The molecule has 3 heterocycles. The van der Waals surface area contributed by atoms with Crippen LogP contribution in [-0.2, 0) is 6.42 Å². The second-order valence-corrected chi connectivity index (χ2v) is 6.10. The standard InChI is InChI=1S/C21H19N5O/c1-2-15-6-8-17(9-7-15)23-21(27)25-20-19(16-10-12-22-13-11-16)24-18-5-3-4-14-26(18)20/h3-14H,2H2,1H3,(H2,23,25,27). The number of urea groups is 1. The van der Waals surface area contributed by atoms with Crippen molar-refractivity contribution in [3.8, 4) is 11.3 Å². The van der Waals surface area contributed by atoms with Gasteiger partial charge in [0.05, 0.1) is 0 Å². The van der Waals surface area contributed by atoms with Gasteiger partial charge in [-0.3, -0.25) is 14.7 Å². The SMILES string of the molecule is CCc1ccc(NC(=O)Nc2c(-c3ccncc3)nc3ccccn23)cc1. The number of nitrogens with one attached hydrogen (secondary N) is 2. The summed E-state index contributed by atoms with van der Waals surface area (Å²) in [5.41, 5.74) is 4.30. The van der Waals surface area contributed by atoms with Gasteiger partial charge in [-0.15, -0.1) is 0 Å². The Morgan fingerprint density at radius 3 is 2.52 bits per heavy atom. The van der Waals surface area contributed by atoms with Crippen LogP contribution in [0.4, 0.5) is 16.3 Å². The lowest BCUT2D eigenvalue weighted by atomic mass is 10.1. The summed E-state index contributed by atoms with van der Waals surface area (Å²) < 4.78 is 1.86. The minimum absolute atomic E-state index is 0.319. The fourth-order valence-corrected chi connectivity index (χ4v) is 2.92. The number of benzene rings is 1. The van der Waals surface area contributed by atoms with E-state index >= 15 is 0 Å². The average molecular weight is 357 g/mol. The Morgan fingerprint density at radius 1 is 1.00 bits per heavy atom. The number of amides is 2. The van der Waals surface area contributed by atoms with Crippen LogP contribution in [0.15, 0.2) is 73.2 Å². The van der Waals surface area contributed by atoms with Gasteiger partial charge in [-0.05, 0) is 48.4 Å². The Bertz CT molecular complexity index is 1070. The van der Waals surface area contributed by atoms with Crippen molar-refractivity contribution in [3.05, 3.63) is 78.8 Å². The van der Waals surface area contributed by atoms with Gasteiger partial charge in [-0.25, -0.2) is 9.78 Å². The smallest absolute Gasteiger partial charge is 0.308 e. The number of fused-ring (bicyclic) bond motifs is 1. The van der Waals surface area contributed by atoms with Gasteiger partial charge in [0.2, 0.25) is 0 Å². The molecule has 0 spiro atoms. The molecule has 0 saturated carbocycles. The van der Waals surface area contributed by atoms with Crippen molar-refractivity contribution in [1.82, 2.24) is 14.4 Å². The molecule has 134 valence electrons. The maximum absolute atomic E-state index is 12.6. The third kappa shape index (κ3) is 3.50. The van der Waals surface area contributed by atoms with Crippen LogP contribution >= 0.6 is 0 Å². The fraction of sp³-hybridized carbons (Fsp3) is 0.0952. The van der Waals surface area contributed by atoms with E-state index in [1.807, 2.05) is 65.2 Å². The Morgan fingerprint density at radius 2 is 1.78 bits per heavy atom. The van der Waals surface area contributed by atoms with Crippen LogP contribution in [-0.4, -0.2) is 20.4 Å². The van der Waals surface area contributed by atoms with Crippen LogP contribution < -0.4 is 10.6 Å². The van der Waals surface area contributed by atoms with Gasteiger partial charge in [0.15, 0.2) is 0 Å². The largest absolute Gasteiger partial charge is 0.324 e. The molecule has 2 amide bonds. The third-order valence-corrected chi connectivity index (χ3v) is 4.34. The Labute approximate surface area is 156 Å². The molecule has 0 unspecified atom stereocenters. The number of aryl methyl sites for hydroxylation is 1. The van der Waals surface area contributed by atoms with Crippen molar-refractivity contribution in [2.75, 3.05) is 10.6 Å². The van der Waals surface area contributed by atoms with E-state index in [1.165, 1.54) is 5.56 Å². The highest BCUT2D eigenvalue weighted by Crippen LogP contribution is 2.28. The quantitative estimate of drug-likeness (QED) is 0.560. The molecule has 0 saturated heterocycles. The molecule has 4 rings (SSSR count). The van der Waals surface area contributed by atoms with E-state index in [1.54, 1.807) is 12.4 Å². The molecule has 2 N–H and O–H groups in total. The Kier molecular flexibility index (Phi) is 4.53. The van der Waals surface area contributed by atoms with E-state index in [2.05, 4.69) is 27.5 Å². The van der Waals surface area contributed by atoms with Crippen molar-refractivity contribution < 1.29 is 4.79 Å². The van der Waals surface area contributed by atoms with E-state index in [9.17, 15) is 4.79 Å². The molecule has 0 radical (unpaired) electrons. The maximum Gasteiger partial charge on any atom is 0.324 e. The number of hydrogen-bond donors (Lipinski definition) is 2. The molecule has 27 heavy (non-hydrogen) atoms. The second kappa shape index (κ2) is 7.29. The first kappa shape index (κ1) is 16.8. The lowest BCUT2D eigenvalue weighted by Gasteiger charge is -2.10. The van der Waals surface area contributed by atoms with E-state index in [0.717, 1.165) is 23.3 Å². The molecular weight excluding hydrogens is 338 g/mol. The monoisotopic (exact) mass is 357 g/mol. The summed E-state index contributed by atoms with van der Waals surface area (Å²) in [6.07, 6.45) is 6.25. The zero-order chi connectivity index (χ0) is 18.6. The predicted octanol–water partition coefficient (Wildman–Crippen LogP) is 4.60. The molecule has 0 aliphatic rings. The molecule has 0 fully saturated rings. The van der Waals surface area contributed by atoms with Crippen LogP contribution in [0.2, 0.25) is 0 Å². The highest BCUT2D eigenvalue weighted by molar-refractivity contribution is 6.01. The van der Waals surface area contributed by atoms with E-state index in [4.69, 9.17) is 0 Å². The maximum atomic E-state index is 12.6. The van der Waals surface area contributed by atoms with Gasteiger partial charge in [0, 0.05) is 29.8 Å². The summed E-state index contributed by atoms with van der Waals surface area (Å²) in [6, 6.07) is 16.9. The predicted molar refractivity (Wildman–Crippen MR) is 107 cm³/mol. The molecule has 4 aromatic rings. The lowest BCUT2D eigenvalue weighted by Crippen LogP contribution is -2.20. The summed E-state index contributed by atoms with van der Waals surface area (Å²) in [6.45, 7) is 2.10. The zero-order valence-corrected chi connectivity index (χ0v) is 14.9. The molecule has 1 aromatic carbocycles. The number of carbonyl (C=O) groups is 1. The summed E-state index contributed by atoms with van der Waals surface area (Å²) in [5.74, 6) is 0.611. The number of pyridine rings is 2. The van der Waals surface area contributed by atoms with Crippen molar-refractivity contribution in [1.29, 1.82) is 0 Å². The first-order valence-electron chi connectivity index (χ1n) is 8.79. The van der Waals surface area contributed by atoms with Gasteiger partial charge in [0.1, 0.15) is 17.2 Å². The first-order valence-corrected chi connectivity index (χ1v) is 8.79. The van der Waals surface area contributed by atoms with Crippen LogP contribution in [0.25, 0.3) is 16.9 Å². The summed E-state index contributed by atoms with van der Waals surface area (Å²) in [5, 5.41) is 5.81. The number of imidazole rings is 1. The fourth-order valence-electron chi connectivity index (χ4n) is 2.92. The molecule has 6 heteroatoms. The van der Waals surface area contributed by atoms with Crippen molar-refractivity contribution >= 4 is 23.2 Å². The average Bonchev–Trinajstić information content (AvgIpc) is 3.08.